The predicted octanol–water partition coefficient (Wildman–Crippen LogP) is 2.97. The van der Waals surface area contributed by atoms with E-state index < -0.39 is 11.7 Å². The Hall–Kier alpha value is -2.99. The highest BCUT2D eigenvalue weighted by atomic mass is 19.1. The summed E-state index contributed by atoms with van der Waals surface area (Å²) < 4.78 is 13.8. The van der Waals surface area contributed by atoms with Gasteiger partial charge in [-0.25, -0.2) is 9.29 Å². The van der Waals surface area contributed by atoms with E-state index in [0.29, 0.717) is 24.4 Å². The van der Waals surface area contributed by atoms with Crippen molar-refractivity contribution in [3.05, 3.63) is 70.7 Å². The molecule has 2 amide bonds. The van der Waals surface area contributed by atoms with E-state index in [1.54, 1.807) is 6.07 Å². The number of likely N-dealkylation sites (N-methyl/N-ethyl adjacent to an activating group) is 1. The van der Waals surface area contributed by atoms with E-state index in [1.165, 1.54) is 18.2 Å². The minimum absolute atomic E-state index is 0.256. The molecule has 0 atom stereocenters. The van der Waals surface area contributed by atoms with Crippen molar-refractivity contribution in [2.24, 2.45) is 0 Å². The highest BCUT2D eigenvalue weighted by Crippen LogP contribution is 2.36. The Labute approximate surface area is 170 Å². The van der Waals surface area contributed by atoms with E-state index in [4.69, 9.17) is 0 Å². The van der Waals surface area contributed by atoms with Gasteiger partial charge in [0.1, 0.15) is 11.5 Å². The van der Waals surface area contributed by atoms with Crippen molar-refractivity contribution in [1.82, 2.24) is 9.80 Å². The molecule has 2 heterocycles. The van der Waals surface area contributed by atoms with E-state index in [1.807, 2.05) is 44.0 Å². The minimum Gasteiger partial charge on any atom is -0.364 e. The van der Waals surface area contributed by atoms with E-state index in [-0.39, 0.29) is 11.6 Å². The van der Waals surface area contributed by atoms with Crippen molar-refractivity contribution < 1.29 is 14.0 Å². The summed E-state index contributed by atoms with van der Waals surface area (Å²) >= 11 is 0. The fraction of sp³-hybridized carbons (Fsp3) is 0.304. The summed E-state index contributed by atoms with van der Waals surface area (Å²) in [4.78, 5) is 32.2. The van der Waals surface area contributed by atoms with Crippen molar-refractivity contribution >= 4 is 23.1 Å². The van der Waals surface area contributed by atoms with Crippen molar-refractivity contribution in [2.45, 2.75) is 13.8 Å². The molecule has 0 radical (unpaired) electrons. The molecular formula is C23H24FN3O2. The summed E-state index contributed by atoms with van der Waals surface area (Å²) in [5, 5.41) is 0. The molecule has 5 nitrogen and oxygen atoms in total. The van der Waals surface area contributed by atoms with Crippen molar-refractivity contribution in [1.29, 1.82) is 0 Å². The first-order chi connectivity index (χ1) is 13.9. The molecule has 2 aliphatic heterocycles. The number of nitrogens with zero attached hydrogens (tertiary/aromatic N) is 3. The average molecular weight is 393 g/mol. The lowest BCUT2D eigenvalue weighted by atomic mass is 9.97. The first-order valence-corrected chi connectivity index (χ1v) is 9.76. The number of amides is 2. The normalized spacial score (nSPS) is 18.2. The second-order valence-electron chi connectivity index (χ2n) is 7.76. The van der Waals surface area contributed by atoms with Gasteiger partial charge in [0.15, 0.2) is 0 Å². The maximum absolute atomic E-state index is 13.8. The number of hydrogen-bond acceptors (Lipinski definition) is 4. The molecule has 2 aromatic carbocycles. The van der Waals surface area contributed by atoms with Gasteiger partial charge in [-0.3, -0.25) is 9.59 Å². The van der Waals surface area contributed by atoms with Crippen LogP contribution in [0.15, 0.2) is 48.2 Å². The molecule has 0 N–H and O–H groups in total. The molecule has 2 aromatic rings. The number of piperazine rings is 1. The maximum Gasteiger partial charge on any atom is 0.282 e. The van der Waals surface area contributed by atoms with E-state index >= 15 is 0 Å². The lowest BCUT2D eigenvalue weighted by Gasteiger charge is -2.34. The van der Waals surface area contributed by atoms with E-state index in [0.717, 1.165) is 34.7 Å². The lowest BCUT2D eigenvalue weighted by molar-refractivity contribution is -0.120. The Kier molecular flexibility index (Phi) is 4.96. The second-order valence-corrected chi connectivity index (χ2v) is 7.76. The van der Waals surface area contributed by atoms with Gasteiger partial charge in [-0.2, -0.15) is 0 Å². The zero-order valence-corrected chi connectivity index (χ0v) is 16.9. The van der Waals surface area contributed by atoms with Crippen LogP contribution in [0.1, 0.15) is 16.7 Å². The molecule has 29 heavy (non-hydrogen) atoms. The Morgan fingerprint density at radius 1 is 0.897 bits per heavy atom. The number of carbonyl (C=O) groups is 2. The monoisotopic (exact) mass is 393 g/mol. The maximum atomic E-state index is 13.8. The predicted molar refractivity (Wildman–Crippen MR) is 111 cm³/mol. The van der Waals surface area contributed by atoms with Crippen LogP contribution in [-0.2, 0) is 9.59 Å². The first-order valence-electron chi connectivity index (χ1n) is 9.76. The molecule has 0 unspecified atom stereocenters. The summed E-state index contributed by atoms with van der Waals surface area (Å²) in [5.41, 5.74) is 3.86. The van der Waals surface area contributed by atoms with Gasteiger partial charge in [0.05, 0.1) is 11.3 Å². The number of halogens is 1. The summed E-state index contributed by atoms with van der Waals surface area (Å²) in [7, 11) is 2.04. The standard InChI is InChI=1S/C23H24FN3O2/c1-15-7-8-19(16(2)13-15)20-21(26-11-9-25(3)10-12-26)23(29)27(22(20)28)18-6-4-5-17(24)14-18/h4-8,13-14H,9-12H2,1-3H3. The van der Waals surface area contributed by atoms with Gasteiger partial charge in [-0.1, -0.05) is 29.8 Å². The van der Waals surface area contributed by atoms with E-state index in [9.17, 15) is 14.0 Å². The molecule has 150 valence electrons. The van der Waals surface area contributed by atoms with Crippen LogP contribution in [0.2, 0.25) is 0 Å². The molecular weight excluding hydrogens is 369 g/mol. The van der Waals surface area contributed by atoms with Crippen LogP contribution >= 0.6 is 0 Å². The lowest BCUT2D eigenvalue weighted by Crippen LogP contribution is -2.46. The van der Waals surface area contributed by atoms with Gasteiger partial charge in [0.2, 0.25) is 0 Å². The summed E-state index contributed by atoms with van der Waals surface area (Å²) in [6, 6.07) is 11.5. The summed E-state index contributed by atoms with van der Waals surface area (Å²) in [6.45, 7) is 6.88. The third-order valence-electron chi connectivity index (χ3n) is 5.60. The number of benzene rings is 2. The van der Waals surface area contributed by atoms with Gasteiger partial charge in [0, 0.05) is 26.2 Å². The van der Waals surface area contributed by atoms with Crippen LogP contribution in [0.3, 0.4) is 0 Å². The van der Waals surface area contributed by atoms with Crippen LogP contribution in [-0.4, -0.2) is 54.8 Å². The Bertz CT molecular complexity index is 1020. The summed E-state index contributed by atoms with van der Waals surface area (Å²) in [6.07, 6.45) is 0. The zero-order valence-electron chi connectivity index (χ0n) is 16.9. The number of aryl methyl sites for hydroxylation is 2. The van der Waals surface area contributed by atoms with Crippen LogP contribution in [0.5, 0.6) is 0 Å². The highest BCUT2D eigenvalue weighted by molar-refractivity contribution is 6.45. The van der Waals surface area contributed by atoms with Crippen molar-refractivity contribution in [3.63, 3.8) is 0 Å². The van der Waals surface area contributed by atoms with Gasteiger partial charge < -0.3 is 9.80 Å². The Morgan fingerprint density at radius 3 is 2.28 bits per heavy atom. The molecule has 0 aliphatic carbocycles. The molecule has 1 fully saturated rings. The quantitative estimate of drug-likeness (QED) is 0.752. The fourth-order valence-electron chi connectivity index (χ4n) is 4.03. The number of imide groups is 1. The number of hydrogen-bond donors (Lipinski definition) is 0. The largest absolute Gasteiger partial charge is 0.364 e. The summed E-state index contributed by atoms with van der Waals surface area (Å²) in [5.74, 6) is -1.27. The van der Waals surface area contributed by atoms with Gasteiger partial charge >= 0.3 is 0 Å². The Morgan fingerprint density at radius 2 is 1.62 bits per heavy atom. The number of rotatable bonds is 3. The SMILES string of the molecule is Cc1ccc(C2=C(N3CCN(C)CC3)C(=O)N(c3cccc(F)c3)C2=O)c(C)c1. The molecule has 2 aliphatic rings. The minimum atomic E-state index is -0.482. The van der Waals surface area contributed by atoms with Gasteiger partial charge in [0.25, 0.3) is 11.8 Å². The second kappa shape index (κ2) is 7.44. The van der Waals surface area contributed by atoms with Crippen molar-refractivity contribution in [3.8, 4) is 0 Å². The molecule has 0 saturated carbocycles. The molecule has 1 saturated heterocycles. The van der Waals surface area contributed by atoms with Crippen LogP contribution in [0.4, 0.5) is 10.1 Å². The van der Waals surface area contributed by atoms with Crippen molar-refractivity contribution in [2.75, 3.05) is 38.1 Å². The van der Waals surface area contributed by atoms with Crippen LogP contribution in [0, 0.1) is 19.7 Å². The molecule has 6 heteroatoms. The van der Waals surface area contributed by atoms with Gasteiger partial charge in [-0.05, 0) is 50.2 Å². The van der Waals surface area contributed by atoms with Gasteiger partial charge in [-0.15, -0.1) is 0 Å². The smallest absolute Gasteiger partial charge is 0.282 e. The number of anilines is 1. The molecule has 4 rings (SSSR count). The van der Waals surface area contributed by atoms with E-state index in [2.05, 4.69) is 4.90 Å². The van der Waals surface area contributed by atoms with Crippen LogP contribution in [0.25, 0.3) is 5.57 Å². The molecule has 0 spiro atoms. The zero-order chi connectivity index (χ0) is 20.7. The highest BCUT2D eigenvalue weighted by Gasteiger charge is 2.43. The average Bonchev–Trinajstić information content (AvgIpc) is 2.93. The molecule has 0 bridgehead atoms. The van der Waals surface area contributed by atoms with Crippen LogP contribution < -0.4 is 4.90 Å². The fourth-order valence-corrected chi connectivity index (χ4v) is 4.03. The Balaban J connectivity index is 1.85. The first kappa shape index (κ1) is 19.3. The third kappa shape index (κ3) is 3.44. The topological polar surface area (TPSA) is 43.9 Å². The third-order valence-corrected chi connectivity index (χ3v) is 5.60. The molecule has 0 aromatic heterocycles. The number of carbonyl (C=O) groups excluding carboxylic acids is 2.